The van der Waals surface area contributed by atoms with Crippen molar-refractivity contribution >= 4 is 28.3 Å². The lowest BCUT2D eigenvalue weighted by Gasteiger charge is -2.34. The Morgan fingerprint density at radius 3 is 2.42 bits per heavy atom. The average Bonchev–Trinajstić information content (AvgIpc) is 2.51. The van der Waals surface area contributed by atoms with E-state index in [9.17, 15) is 13.2 Å². The number of carbonyl (C=O) groups is 1. The molecule has 1 aliphatic heterocycles. The van der Waals surface area contributed by atoms with E-state index in [0.29, 0.717) is 25.2 Å². The molecule has 0 spiro atoms. The number of sulfonamides is 1. The minimum Gasteiger partial charge on any atom is -0.373 e. The number of hydrogen-bond acceptors (Lipinski definition) is 5. The molecule has 0 aromatic heterocycles. The fraction of sp³-hybridized carbons (Fsp3) is 0.588. The number of carbonyl (C=O) groups excluding carboxylic acids is 1. The molecule has 1 aliphatic rings. The quantitative estimate of drug-likeness (QED) is 0.770. The number of nitrogens with zero attached hydrogens (tertiary/aromatic N) is 1. The summed E-state index contributed by atoms with van der Waals surface area (Å²) in [6.45, 7) is 8.17. The summed E-state index contributed by atoms with van der Waals surface area (Å²) in [6, 6.07) is 6.06. The third-order valence-electron chi connectivity index (χ3n) is 3.82. The van der Waals surface area contributed by atoms with Gasteiger partial charge in [0.2, 0.25) is 10.0 Å². The Morgan fingerprint density at radius 1 is 1.31 bits per heavy atom. The lowest BCUT2D eigenvalue weighted by atomic mass is 10.1. The van der Waals surface area contributed by atoms with Gasteiger partial charge < -0.3 is 15.8 Å². The molecule has 2 unspecified atom stereocenters. The van der Waals surface area contributed by atoms with Crippen LogP contribution < -0.4 is 11.1 Å². The Labute approximate surface area is 161 Å². The fourth-order valence-electron chi connectivity index (χ4n) is 2.68. The molecule has 3 N–H and O–H groups in total. The van der Waals surface area contributed by atoms with Crippen LogP contribution in [0.5, 0.6) is 0 Å². The summed E-state index contributed by atoms with van der Waals surface area (Å²) >= 11 is 0. The smallest absolute Gasteiger partial charge is 0.251 e. The van der Waals surface area contributed by atoms with Crippen molar-refractivity contribution in [3.05, 3.63) is 29.8 Å². The highest BCUT2D eigenvalue weighted by Crippen LogP contribution is 2.22. The molecule has 7 nitrogen and oxygen atoms in total. The van der Waals surface area contributed by atoms with E-state index in [4.69, 9.17) is 10.5 Å². The molecule has 1 amide bonds. The van der Waals surface area contributed by atoms with Crippen molar-refractivity contribution in [2.75, 3.05) is 19.6 Å². The first-order valence-corrected chi connectivity index (χ1v) is 9.76. The zero-order chi connectivity index (χ0) is 18.8. The zero-order valence-corrected chi connectivity index (χ0v) is 17.2. The predicted molar refractivity (Wildman–Crippen MR) is 103 cm³/mol. The molecular weight excluding hydrogens is 378 g/mol. The summed E-state index contributed by atoms with van der Waals surface area (Å²) in [6.07, 6.45) is -0.339. The number of amides is 1. The molecule has 9 heteroatoms. The van der Waals surface area contributed by atoms with Gasteiger partial charge in [-0.1, -0.05) is 6.07 Å². The van der Waals surface area contributed by atoms with Gasteiger partial charge in [0.15, 0.2) is 0 Å². The predicted octanol–water partition coefficient (Wildman–Crippen LogP) is 1.37. The van der Waals surface area contributed by atoms with Gasteiger partial charge in [-0.2, -0.15) is 4.31 Å². The molecular formula is C17H28ClN3O4S. The summed E-state index contributed by atoms with van der Waals surface area (Å²) in [7, 11) is -3.68. The average molecular weight is 406 g/mol. The number of morpholine rings is 1. The molecule has 1 heterocycles. The van der Waals surface area contributed by atoms with Gasteiger partial charge in [-0.05, 0) is 45.9 Å². The van der Waals surface area contributed by atoms with E-state index < -0.39 is 15.6 Å². The van der Waals surface area contributed by atoms with Crippen molar-refractivity contribution in [1.82, 2.24) is 9.62 Å². The van der Waals surface area contributed by atoms with E-state index in [1.807, 2.05) is 13.8 Å². The molecule has 0 bridgehead atoms. The lowest BCUT2D eigenvalue weighted by molar-refractivity contribution is -0.0440. The maximum Gasteiger partial charge on any atom is 0.251 e. The van der Waals surface area contributed by atoms with Crippen molar-refractivity contribution in [1.29, 1.82) is 0 Å². The zero-order valence-electron chi connectivity index (χ0n) is 15.6. The van der Waals surface area contributed by atoms with Gasteiger partial charge in [0.1, 0.15) is 0 Å². The second-order valence-electron chi connectivity index (χ2n) is 7.28. The number of rotatable bonds is 5. The Kier molecular flexibility index (Phi) is 7.62. The highest BCUT2D eigenvalue weighted by Gasteiger charge is 2.32. The van der Waals surface area contributed by atoms with Gasteiger partial charge in [-0.3, -0.25) is 4.79 Å². The summed E-state index contributed by atoms with van der Waals surface area (Å²) in [4.78, 5) is 12.4. The van der Waals surface area contributed by atoms with E-state index in [0.717, 1.165) is 0 Å². The second-order valence-corrected chi connectivity index (χ2v) is 9.22. The minimum atomic E-state index is -3.68. The topological polar surface area (TPSA) is 102 Å². The normalized spacial score (nSPS) is 21.7. The molecule has 26 heavy (non-hydrogen) atoms. The number of benzene rings is 1. The Morgan fingerprint density at radius 2 is 1.88 bits per heavy atom. The van der Waals surface area contributed by atoms with Crippen LogP contribution in [0.3, 0.4) is 0 Å². The summed E-state index contributed by atoms with van der Waals surface area (Å²) in [5, 5.41) is 2.72. The third-order valence-corrected chi connectivity index (χ3v) is 5.65. The van der Waals surface area contributed by atoms with Crippen molar-refractivity contribution in [2.45, 2.75) is 50.3 Å². The molecule has 2 atom stereocenters. The summed E-state index contributed by atoms with van der Waals surface area (Å²) in [5.74, 6) is -0.348. The van der Waals surface area contributed by atoms with Crippen LogP contribution in [-0.4, -0.2) is 56.0 Å². The van der Waals surface area contributed by atoms with Crippen LogP contribution in [0.1, 0.15) is 38.1 Å². The minimum absolute atomic E-state index is 0. The second kappa shape index (κ2) is 8.67. The molecule has 0 saturated carbocycles. The first-order chi connectivity index (χ1) is 11.5. The van der Waals surface area contributed by atoms with Crippen LogP contribution in [-0.2, 0) is 14.8 Å². The molecule has 1 saturated heterocycles. The summed E-state index contributed by atoms with van der Waals surface area (Å²) in [5.41, 5.74) is 5.60. The Bertz CT molecular complexity index is 724. The van der Waals surface area contributed by atoms with Crippen LogP contribution in [0.15, 0.2) is 29.2 Å². The van der Waals surface area contributed by atoms with E-state index in [2.05, 4.69) is 5.32 Å². The molecule has 0 radical (unpaired) electrons. The van der Waals surface area contributed by atoms with Crippen LogP contribution in [0.2, 0.25) is 0 Å². The first kappa shape index (κ1) is 22.9. The Hall–Kier alpha value is -1.19. The fourth-order valence-corrected chi connectivity index (χ4v) is 4.32. The number of nitrogens with two attached hydrogens (primary N) is 1. The number of hydrogen-bond donors (Lipinski definition) is 2. The number of ether oxygens (including phenoxy) is 1. The maximum atomic E-state index is 12.9. The van der Waals surface area contributed by atoms with Crippen molar-refractivity contribution in [3.63, 3.8) is 0 Å². The summed E-state index contributed by atoms with van der Waals surface area (Å²) < 4.78 is 32.8. The van der Waals surface area contributed by atoms with Crippen LogP contribution in [0.4, 0.5) is 0 Å². The SMILES string of the molecule is CC1CN(S(=O)(=O)c2cccc(C(=O)NCC(C)(C)N)c2)CC(C)O1.Cl. The van der Waals surface area contributed by atoms with Gasteiger partial charge in [0.05, 0.1) is 17.1 Å². The van der Waals surface area contributed by atoms with Crippen molar-refractivity contribution in [3.8, 4) is 0 Å². The van der Waals surface area contributed by atoms with E-state index in [-0.39, 0.29) is 35.4 Å². The highest BCUT2D eigenvalue weighted by atomic mass is 35.5. The molecule has 1 aromatic carbocycles. The first-order valence-electron chi connectivity index (χ1n) is 8.32. The van der Waals surface area contributed by atoms with Gasteiger partial charge in [0, 0.05) is 30.7 Å². The third kappa shape index (κ3) is 5.92. The van der Waals surface area contributed by atoms with E-state index in [1.165, 1.54) is 16.4 Å². The largest absolute Gasteiger partial charge is 0.373 e. The monoisotopic (exact) mass is 405 g/mol. The van der Waals surface area contributed by atoms with Crippen LogP contribution >= 0.6 is 12.4 Å². The van der Waals surface area contributed by atoms with Gasteiger partial charge in [0.25, 0.3) is 5.91 Å². The highest BCUT2D eigenvalue weighted by molar-refractivity contribution is 7.89. The van der Waals surface area contributed by atoms with Crippen LogP contribution in [0, 0.1) is 0 Å². The van der Waals surface area contributed by atoms with Crippen LogP contribution in [0.25, 0.3) is 0 Å². The maximum absolute atomic E-state index is 12.9. The lowest BCUT2D eigenvalue weighted by Crippen LogP contribution is -2.48. The molecule has 2 rings (SSSR count). The standard InChI is InChI=1S/C17H27N3O4S.ClH/c1-12-9-20(10-13(2)24-12)25(22,23)15-7-5-6-14(8-15)16(21)19-11-17(3,4)18;/h5-8,12-13H,9-11,18H2,1-4H3,(H,19,21);1H. The van der Waals surface area contributed by atoms with Gasteiger partial charge >= 0.3 is 0 Å². The Balaban J connectivity index is 0.00000338. The van der Waals surface area contributed by atoms with Gasteiger partial charge in [-0.15, -0.1) is 12.4 Å². The van der Waals surface area contributed by atoms with Crippen molar-refractivity contribution in [2.24, 2.45) is 5.73 Å². The molecule has 0 aliphatic carbocycles. The molecule has 1 aromatic rings. The molecule has 148 valence electrons. The van der Waals surface area contributed by atoms with E-state index in [1.54, 1.807) is 26.0 Å². The van der Waals surface area contributed by atoms with Crippen molar-refractivity contribution < 1.29 is 17.9 Å². The number of halogens is 1. The molecule has 1 fully saturated rings. The van der Waals surface area contributed by atoms with Gasteiger partial charge in [-0.25, -0.2) is 8.42 Å². The number of nitrogens with one attached hydrogen (secondary N) is 1. The van der Waals surface area contributed by atoms with E-state index >= 15 is 0 Å².